The molecule has 0 bridgehead atoms. The standard InChI is InChI=1S/C14H24N2O2/c1-14(2,3)18-13(17)16-10-12-6-4-11(5-7-12)8-9-15/h11-12H,4-8,10H2,1-3H3,(H,16,17). The Kier molecular flexibility index (Phi) is 5.46. The normalized spacial score (nSPS) is 24.1. The molecule has 18 heavy (non-hydrogen) atoms. The number of nitrogens with one attached hydrogen (secondary N) is 1. The molecule has 1 saturated carbocycles. The summed E-state index contributed by atoms with van der Waals surface area (Å²) in [5.74, 6) is 1.10. The van der Waals surface area contributed by atoms with E-state index in [9.17, 15) is 4.79 Å². The summed E-state index contributed by atoms with van der Waals surface area (Å²) in [5, 5.41) is 11.5. The third-order valence-electron chi connectivity index (χ3n) is 3.28. The van der Waals surface area contributed by atoms with Crippen LogP contribution in [0.1, 0.15) is 52.9 Å². The summed E-state index contributed by atoms with van der Waals surface area (Å²) in [6, 6.07) is 2.24. The van der Waals surface area contributed by atoms with Crippen molar-refractivity contribution < 1.29 is 9.53 Å². The van der Waals surface area contributed by atoms with E-state index in [0.29, 0.717) is 24.8 Å². The Morgan fingerprint density at radius 2 is 1.83 bits per heavy atom. The summed E-state index contributed by atoms with van der Waals surface area (Å²) in [5.41, 5.74) is -0.436. The summed E-state index contributed by atoms with van der Waals surface area (Å²) in [6.45, 7) is 6.27. The van der Waals surface area contributed by atoms with Gasteiger partial charge in [0.2, 0.25) is 0 Å². The van der Waals surface area contributed by atoms with Crippen LogP contribution in [0.25, 0.3) is 0 Å². The molecule has 1 amide bonds. The Morgan fingerprint density at radius 1 is 1.28 bits per heavy atom. The molecule has 4 nitrogen and oxygen atoms in total. The first-order chi connectivity index (χ1) is 8.40. The van der Waals surface area contributed by atoms with E-state index in [1.54, 1.807) is 0 Å². The zero-order valence-corrected chi connectivity index (χ0v) is 11.7. The van der Waals surface area contributed by atoms with Gasteiger partial charge in [0, 0.05) is 13.0 Å². The lowest BCUT2D eigenvalue weighted by atomic mass is 9.81. The minimum Gasteiger partial charge on any atom is -0.444 e. The molecule has 0 aliphatic heterocycles. The predicted molar refractivity (Wildman–Crippen MR) is 69.9 cm³/mol. The summed E-state index contributed by atoms with van der Waals surface area (Å²) in [6.07, 6.45) is 4.75. The average Bonchev–Trinajstić information content (AvgIpc) is 2.26. The predicted octanol–water partition coefficient (Wildman–Crippen LogP) is 3.23. The van der Waals surface area contributed by atoms with Crippen LogP contribution in [-0.2, 0) is 4.74 Å². The van der Waals surface area contributed by atoms with Crippen LogP contribution < -0.4 is 5.32 Å². The van der Waals surface area contributed by atoms with E-state index < -0.39 is 5.60 Å². The van der Waals surface area contributed by atoms with Crippen molar-refractivity contribution in [1.29, 1.82) is 5.26 Å². The number of alkyl carbamates (subject to hydrolysis) is 1. The second-order valence-electron chi connectivity index (χ2n) is 6.13. The first kappa shape index (κ1) is 14.8. The van der Waals surface area contributed by atoms with Gasteiger partial charge in [-0.2, -0.15) is 5.26 Å². The van der Waals surface area contributed by atoms with Gasteiger partial charge in [-0.25, -0.2) is 4.79 Å². The van der Waals surface area contributed by atoms with Crippen LogP contribution in [0.5, 0.6) is 0 Å². The van der Waals surface area contributed by atoms with Crippen LogP contribution in [0.15, 0.2) is 0 Å². The Morgan fingerprint density at radius 3 is 2.33 bits per heavy atom. The highest BCUT2D eigenvalue weighted by molar-refractivity contribution is 5.67. The van der Waals surface area contributed by atoms with Crippen LogP contribution in [-0.4, -0.2) is 18.2 Å². The van der Waals surface area contributed by atoms with E-state index in [-0.39, 0.29) is 6.09 Å². The lowest BCUT2D eigenvalue weighted by molar-refractivity contribution is 0.0513. The number of hydrogen-bond acceptors (Lipinski definition) is 3. The maximum absolute atomic E-state index is 11.5. The van der Waals surface area contributed by atoms with Crippen LogP contribution in [0.4, 0.5) is 4.79 Å². The van der Waals surface area contributed by atoms with E-state index in [4.69, 9.17) is 10.00 Å². The second kappa shape index (κ2) is 6.63. The van der Waals surface area contributed by atoms with E-state index in [2.05, 4.69) is 11.4 Å². The molecule has 1 aliphatic carbocycles. The summed E-state index contributed by atoms with van der Waals surface area (Å²) in [4.78, 5) is 11.5. The molecule has 0 saturated heterocycles. The number of nitriles is 1. The van der Waals surface area contributed by atoms with Crippen molar-refractivity contribution in [2.24, 2.45) is 11.8 Å². The lowest BCUT2D eigenvalue weighted by Crippen LogP contribution is -2.36. The van der Waals surface area contributed by atoms with Gasteiger partial charge in [-0.05, 0) is 58.3 Å². The molecule has 1 N–H and O–H groups in total. The van der Waals surface area contributed by atoms with E-state index in [1.807, 2.05) is 20.8 Å². The maximum Gasteiger partial charge on any atom is 0.407 e. The van der Waals surface area contributed by atoms with Gasteiger partial charge < -0.3 is 10.1 Å². The minimum atomic E-state index is -0.436. The molecule has 1 rings (SSSR count). The fourth-order valence-corrected chi connectivity index (χ4v) is 2.31. The van der Waals surface area contributed by atoms with Gasteiger partial charge in [0.15, 0.2) is 0 Å². The first-order valence-electron chi connectivity index (χ1n) is 6.74. The van der Waals surface area contributed by atoms with Gasteiger partial charge in [0.1, 0.15) is 5.60 Å². The summed E-state index contributed by atoms with van der Waals surface area (Å²) >= 11 is 0. The Balaban J connectivity index is 2.18. The minimum absolute atomic E-state index is 0.332. The monoisotopic (exact) mass is 252 g/mol. The molecule has 0 unspecified atom stereocenters. The third kappa shape index (κ3) is 5.90. The first-order valence-corrected chi connectivity index (χ1v) is 6.74. The highest BCUT2D eigenvalue weighted by Gasteiger charge is 2.22. The van der Waals surface area contributed by atoms with Gasteiger partial charge in [-0.1, -0.05) is 0 Å². The molecule has 0 spiro atoms. The SMILES string of the molecule is CC(C)(C)OC(=O)NCC1CCC(CC#N)CC1. The van der Waals surface area contributed by atoms with Crippen molar-refractivity contribution in [3.63, 3.8) is 0 Å². The van der Waals surface area contributed by atoms with Crippen LogP contribution in [0.3, 0.4) is 0 Å². The maximum atomic E-state index is 11.5. The molecule has 1 aliphatic rings. The van der Waals surface area contributed by atoms with Gasteiger partial charge in [-0.3, -0.25) is 0 Å². The second-order valence-corrected chi connectivity index (χ2v) is 6.13. The number of nitrogens with zero attached hydrogens (tertiary/aromatic N) is 1. The molecule has 0 aromatic heterocycles. The Labute approximate surface area is 110 Å². The molecule has 0 heterocycles. The molecule has 0 atom stereocenters. The largest absolute Gasteiger partial charge is 0.444 e. The zero-order chi connectivity index (χ0) is 13.6. The topological polar surface area (TPSA) is 62.1 Å². The van der Waals surface area contributed by atoms with Crippen molar-refractivity contribution in [2.45, 2.75) is 58.5 Å². The van der Waals surface area contributed by atoms with E-state index >= 15 is 0 Å². The molecular formula is C14H24N2O2. The van der Waals surface area contributed by atoms with Gasteiger partial charge in [0.25, 0.3) is 0 Å². The van der Waals surface area contributed by atoms with Crippen molar-refractivity contribution >= 4 is 6.09 Å². The highest BCUT2D eigenvalue weighted by Crippen LogP contribution is 2.30. The van der Waals surface area contributed by atoms with Gasteiger partial charge in [0.05, 0.1) is 6.07 Å². The van der Waals surface area contributed by atoms with E-state index in [0.717, 1.165) is 25.7 Å². The molecule has 1 fully saturated rings. The molecule has 0 aromatic carbocycles. The summed E-state index contributed by atoms with van der Waals surface area (Å²) < 4.78 is 5.20. The van der Waals surface area contributed by atoms with Gasteiger partial charge in [-0.15, -0.1) is 0 Å². The fourth-order valence-electron chi connectivity index (χ4n) is 2.31. The van der Waals surface area contributed by atoms with Gasteiger partial charge >= 0.3 is 6.09 Å². The zero-order valence-electron chi connectivity index (χ0n) is 11.7. The Hall–Kier alpha value is -1.24. The molecule has 0 aromatic rings. The van der Waals surface area contributed by atoms with Crippen molar-refractivity contribution in [2.75, 3.05) is 6.54 Å². The lowest BCUT2D eigenvalue weighted by Gasteiger charge is -2.27. The molecular weight excluding hydrogens is 228 g/mol. The van der Waals surface area contributed by atoms with E-state index in [1.165, 1.54) is 0 Å². The fraction of sp³-hybridized carbons (Fsp3) is 0.857. The quantitative estimate of drug-likeness (QED) is 0.838. The number of ether oxygens (including phenoxy) is 1. The van der Waals surface area contributed by atoms with Crippen LogP contribution >= 0.6 is 0 Å². The third-order valence-corrected chi connectivity index (χ3v) is 3.28. The number of rotatable bonds is 3. The number of carbonyl (C=O) groups is 1. The number of hydrogen-bond donors (Lipinski definition) is 1. The Bertz CT molecular complexity index is 307. The highest BCUT2D eigenvalue weighted by atomic mass is 16.6. The van der Waals surface area contributed by atoms with Crippen molar-refractivity contribution in [3.05, 3.63) is 0 Å². The van der Waals surface area contributed by atoms with Crippen LogP contribution in [0, 0.1) is 23.2 Å². The molecule has 4 heteroatoms. The van der Waals surface area contributed by atoms with Crippen molar-refractivity contribution in [3.8, 4) is 6.07 Å². The van der Waals surface area contributed by atoms with Crippen LogP contribution in [0.2, 0.25) is 0 Å². The smallest absolute Gasteiger partial charge is 0.407 e. The summed E-state index contributed by atoms with van der Waals surface area (Å²) in [7, 11) is 0. The number of amides is 1. The molecule has 102 valence electrons. The van der Waals surface area contributed by atoms with Crippen molar-refractivity contribution in [1.82, 2.24) is 5.32 Å². The average molecular weight is 252 g/mol. The number of carbonyl (C=O) groups excluding carboxylic acids is 1. The molecule has 0 radical (unpaired) electrons.